The van der Waals surface area contributed by atoms with E-state index in [0.717, 1.165) is 6.42 Å². The summed E-state index contributed by atoms with van der Waals surface area (Å²) in [7, 11) is 1.87. The maximum atomic E-state index is 13.5. The number of anilines is 1. The van der Waals surface area contributed by atoms with E-state index in [1.165, 1.54) is 6.07 Å². The van der Waals surface area contributed by atoms with Crippen LogP contribution in [0.2, 0.25) is 0 Å². The van der Waals surface area contributed by atoms with Crippen molar-refractivity contribution >= 4 is 5.69 Å². The second kappa shape index (κ2) is 4.80. The number of hydrogen-bond donors (Lipinski definition) is 2. The van der Waals surface area contributed by atoms with E-state index in [0.29, 0.717) is 18.8 Å². The van der Waals surface area contributed by atoms with Gasteiger partial charge in [-0.1, -0.05) is 12.1 Å². The zero-order chi connectivity index (χ0) is 11.5. The van der Waals surface area contributed by atoms with Crippen LogP contribution in [-0.2, 0) is 0 Å². The molecule has 1 aliphatic heterocycles. The Kier molecular flexibility index (Phi) is 3.41. The number of para-hydroxylation sites is 1. The molecular formula is C12H17FN2O. The molecule has 1 aliphatic rings. The molecule has 1 aromatic rings. The van der Waals surface area contributed by atoms with E-state index in [-0.39, 0.29) is 18.0 Å². The van der Waals surface area contributed by atoms with Gasteiger partial charge in [-0.25, -0.2) is 4.39 Å². The van der Waals surface area contributed by atoms with Gasteiger partial charge in [0.05, 0.1) is 11.8 Å². The van der Waals surface area contributed by atoms with E-state index in [1.54, 1.807) is 12.1 Å². The van der Waals surface area contributed by atoms with Crippen molar-refractivity contribution in [2.24, 2.45) is 0 Å². The molecule has 0 bridgehead atoms. The lowest BCUT2D eigenvalue weighted by atomic mass is 10.2. The maximum Gasteiger partial charge on any atom is 0.146 e. The largest absolute Gasteiger partial charge is 0.392 e. The summed E-state index contributed by atoms with van der Waals surface area (Å²) in [6, 6.07) is 6.97. The van der Waals surface area contributed by atoms with Crippen LogP contribution in [0.25, 0.3) is 0 Å². The highest BCUT2D eigenvalue weighted by atomic mass is 19.1. The van der Waals surface area contributed by atoms with Crippen LogP contribution in [0.15, 0.2) is 24.3 Å². The molecular weight excluding hydrogens is 207 g/mol. The van der Waals surface area contributed by atoms with Gasteiger partial charge in [-0.05, 0) is 18.6 Å². The third-order valence-corrected chi connectivity index (χ3v) is 2.96. The summed E-state index contributed by atoms with van der Waals surface area (Å²) in [5.74, 6) is -0.205. The minimum Gasteiger partial charge on any atom is -0.392 e. The summed E-state index contributed by atoms with van der Waals surface area (Å²) in [5, 5.41) is 12.6. The fraction of sp³-hybridized carbons (Fsp3) is 0.500. The van der Waals surface area contributed by atoms with Crippen LogP contribution in [0.1, 0.15) is 6.42 Å². The minimum absolute atomic E-state index is 0.205. The molecule has 88 valence electrons. The van der Waals surface area contributed by atoms with Crippen molar-refractivity contribution < 1.29 is 9.50 Å². The molecule has 1 saturated heterocycles. The third kappa shape index (κ3) is 2.51. The predicted octanol–water partition coefficient (Wildman–Crippen LogP) is 0.985. The van der Waals surface area contributed by atoms with Gasteiger partial charge in [0, 0.05) is 26.2 Å². The number of benzene rings is 1. The maximum absolute atomic E-state index is 13.5. The minimum atomic E-state index is -0.265. The van der Waals surface area contributed by atoms with Gasteiger partial charge in [0.15, 0.2) is 0 Å². The molecule has 2 rings (SSSR count). The molecule has 3 nitrogen and oxygen atoms in total. The number of aliphatic hydroxyl groups is 1. The van der Waals surface area contributed by atoms with Gasteiger partial charge in [0.2, 0.25) is 0 Å². The number of β-amino-alcohol motifs (C(OH)–C–C–N with tert-alkyl or cyclic N) is 1. The summed E-state index contributed by atoms with van der Waals surface area (Å²) in [5.41, 5.74) is 0.602. The Bertz CT molecular complexity index is 359. The van der Waals surface area contributed by atoms with Crippen LogP contribution in [0, 0.1) is 5.82 Å². The number of likely N-dealkylation sites (N-methyl/N-ethyl adjacent to an activating group) is 1. The standard InChI is InChI=1S/C12H17FN2O/c1-15(8-9-6-10(16)7-14-9)12-5-3-2-4-11(12)13/h2-5,9-10,14,16H,6-8H2,1H3. The molecule has 0 aliphatic carbocycles. The lowest BCUT2D eigenvalue weighted by Gasteiger charge is -2.23. The third-order valence-electron chi connectivity index (χ3n) is 2.96. The highest BCUT2D eigenvalue weighted by Gasteiger charge is 2.23. The molecule has 4 heteroatoms. The molecule has 0 radical (unpaired) electrons. The van der Waals surface area contributed by atoms with Crippen LogP contribution in [0.4, 0.5) is 10.1 Å². The lowest BCUT2D eigenvalue weighted by Crippen LogP contribution is -2.35. The number of hydrogen-bond acceptors (Lipinski definition) is 3. The quantitative estimate of drug-likeness (QED) is 0.803. The predicted molar refractivity (Wildman–Crippen MR) is 62.1 cm³/mol. The first-order valence-corrected chi connectivity index (χ1v) is 5.54. The average molecular weight is 224 g/mol. The van der Waals surface area contributed by atoms with E-state index in [2.05, 4.69) is 5.32 Å². The molecule has 2 N–H and O–H groups in total. The highest BCUT2D eigenvalue weighted by Crippen LogP contribution is 2.18. The Balaban J connectivity index is 1.98. The van der Waals surface area contributed by atoms with Gasteiger partial charge < -0.3 is 15.3 Å². The van der Waals surface area contributed by atoms with Gasteiger partial charge >= 0.3 is 0 Å². The SMILES string of the molecule is CN(CC1CC(O)CN1)c1ccccc1F. The van der Waals surface area contributed by atoms with Gasteiger partial charge in [-0.15, -0.1) is 0 Å². The Hall–Kier alpha value is -1.13. The molecule has 0 amide bonds. The van der Waals surface area contributed by atoms with Crippen LogP contribution in [-0.4, -0.2) is 37.4 Å². The summed E-state index contributed by atoms with van der Waals surface area (Å²) < 4.78 is 13.5. The summed E-state index contributed by atoms with van der Waals surface area (Å²) in [4.78, 5) is 1.88. The van der Waals surface area contributed by atoms with Crippen molar-refractivity contribution in [3.05, 3.63) is 30.1 Å². The molecule has 0 aromatic heterocycles. The lowest BCUT2D eigenvalue weighted by molar-refractivity contribution is 0.193. The normalized spacial score (nSPS) is 24.7. The number of halogens is 1. The number of nitrogens with one attached hydrogen (secondary N) is 1. The van der Waals surface area contributed by atoms with Crippen molar-refractivity contribution in [1.82, 2.24) is 5.32 Å². The molecule has 2 atom stereocenters. The van der Waals surface area contributed by atoms with Crippen molar-refractivity contribution in [1.29, 1.82) is 0 Å². The molecule has 2 unspecified atom stereocenters. The fourth-order valence-electron chi connectivity index (χ4n) is 2.13. The Morgan fingerprint density at radius 1 is 1.50 bits per heavy atom. The molecule has 0 spiro atoms. The van der Waals surface area contributed by atoms with Crippen molar-refractivity contribution in [3.63, 3.8) is 0 Å². The van der Waals surface area contributed by atoms with Gasteiger partial charge in [0.25, 0.3) is 0 Å². The average Bonchev–Trinajstić information content (AvgIpc) is 2.64. The molecule has 1 aromatic carbocycles. The van der Waals surface area contributed by atoms with E-state index in [1.807, 2.05) is 18.0 Å². The number of nitrogens with zero attached hydrogens (tertiary/aromatic N) is 1. The summed E-state index contributed by atoms with van der Waals surface area (Å²) >= 11 is 0. The van der Waals surface area contributed by atoms with Gasteiger partial charge in [-0.3, -0.25) is 0 Å². The molecule has 1 heterocycles. The second-order valence-electron chi connectivity index (χ2n) is 4.33. The molecule has 1 fully saturated rings. The number of aliphatic hydroxyl groups excluding tert-OH is 1. The Morgan fingerprint density at radius 3 is 2.88 bits per heavy atom. The van der Waals surface area contributed by atoms with Crippen molar-refractivity contribution in [2.75, 3.05) is 25.0 Å². The van der Waals surface area contributed by atoms with E-state index in [9.17, 15) is 9.50 Å². The smallest absolute Gasteiger partial charge is 0.146 e. The van der Waals surface area contributed by atoms with Crippen molar-refractivity contribution in [2.45, 2.75) is 18.6 Å². The first kappa shape index (κ1) is 11.4. The molecule has 0 saturated carbocycles. The van der Waals surface area contributed by atoms with Crippen LogP contribution < -0.4 is 10.2 Å². The highest BCUT2D eigenvalue weighted by molar-refractivity contribution is 5.46. The van der Waals surface area contributed by atoms with E-state index in [4.69, 9.17) is 0 Å². The van der Waals surface area contributed by atoms with Crippen molar-refractivity contribution in [3.8, 4) is 0 Å². The first-order valence-electron chi connectivity index (χ1n) is 5.54. The van der Waals surface area contributed by atoms with Gasteiger partial charge in [-0.2, -0.15) is 0 Å². The summed E-state index contributed by atoms with van der Waals surface area (Å²) in [6.07, 6.45) is 0.470. The van der Waals surface area contributed by atoms with E-state index >= 15 is 0 Å². The van der Waals surface area contributed by atoms with Gasteiger partial charge in [0.1, 0.15) is 5.82 Å². The monoisotopic (exact) mass is 224 g/mol. The zero-order valence-corrected chi connectivity index (χ0v) is 9.36. The topological polar surface area (TPSA) is 35.5 Å². The van der Waals surface area contributed by atoms with Crippen LogP contribution in [0.3, 0.4) is 0 Å². The Morgan fingerprint density at radius 2 is 2.25 bits per heavy atom. The van der Waals surface area contributed by atoms with E-state index < -0.39 is 0 Å². The number of rotatable bonds is 3. The zero-order valence-electron chi connectivity index (χ0n) is 9.36. The van der Waals surface area contributed by atoms with Crippen LogP contribution in [0.5, 0.6) is 0 Å². The Labute approximate surface area is 94.9 Å². The second-order valence-corrected chi connectivity index (χ2v) is 4.33. The first-order chi connectivity index (χ1) is 7.66. The fourth-order valence-corrected chi connectivity index (χ4v) is 2.13. The van der Waals surface area contributed by atoms with Crippen LogP contribution >= 0.6 is 0 Å². The summed E-state index contributed by atoms with van der Waals surface area (Å²) in [6.45, 7) is 1.34. The molecule has 16 heavy (non-hydrogen) atoms.